The number of hydrogen-bond donors (Lipinski definition) is 1. The molecule has 0 radical (unpaired) electrons. The molecule has 0 aliphatic carbocycles. The van der Waals surface area contributed by atoms with Crippen molar-refractivity contribution in [2.24, 2.45) is 0 Å². The summed E-state index contributed by atoms with van der Waals surface area (Å²) < 4.78 is 7.40. The minimum absolute atomic E-state index is 0.00891. The molecule has 0 saturated heterocycles. The summed E-state index contributed by atoms with van der Waals surface area (Å²) in [6.07, 6.45) is 3.38. The van der Waals surface area contributed by atoms with Gasteiger partial charge in [0, 0.05) is 17.4 Å². The molecule has 0 fully saturated rings. The predicted octanol–water partition coefficient (Wildman–Crippen LogP) is 3.48. The molecule has 5 nitrogen and oxygen atoms in total. The van der Waals surface area contributed by atoms with Gasteiger partial charge in [-0.3, -0.25) is 4.40 Å². The van der Waals surface area contributed by atoms with E-state index in [2.05, 4.69) is 4.98 Å². The molecule has 2 aromatic heterocycles. The van der Waals surface area contributed by atoms with Crippen LogP contribution in [-0.2, 0) is 0 Å². The van der Waals surface area contributed by atoms with Crippen molar-refractivity contribution in [3.8, 4) is 11.6 Å². The largest absolute Gasteiger partial charge is 0.478 e. The molecular weight excluding hydrogens is 280 g/mol. The number of ether oxygens (including phenoxy) is 1. The molecule has 0 bridgehead atoms. The van der Waals surface area contributed by atoms with Gasteiger partial charge in [-0.1, -0.05) is 17.7 Å². The lowest BCUT2D eigenvalue weighted by molar-refractivity contribution is 0.0694. The molecule has 0 aliphatic heterocycles. The quantitative estimate of drug-likeness (QED) is 0.801. The van der Waals surface area contributed by atoms with E-state index in [4.69, 9.17) is 16.3 Å². The zero-order chi connectivity index (χ0) is 14.1. The normalized spacial score (nSPS) is 10.7. The third kappa shape index (κ3) is 2.19. The molecule has 1 N–H and O–H groups in total. The first-order chi connectivity index (χ1) is 9.65. The van der Waals surface area contributed by atoms with Crippen LogP contribution in [0.3, 0.4) is 0 Å². The first kappa shape index (κ1) is 12.5. The molecule has 1 aromatic carbocycles. The lowest BCUT2D eigenvalue weighted by atomic mass is 10.2. The second-order valence-electron chi connectivity index (χ2n) is 4.07. The highest BCUT2D eigenvalue weighted by Crippen LogP contribution is 2.28. The van der Waals surface area contributed by atoms with Crippen molar-refractivity contribution in [1.29, 1.82) is 0 Å². The summed E-state index contributed by atoms with van der Waals surface area (Å²) >= 11 is 5.81. The molecular formula is C14H9ClN2O3. The highest BCUT2D eigenvalue weighted by atomic mass is 35.5. The summed E-state index contributed by atoms with van der Waals surface area (Å²) in [6, 6.07) is 9.81. The standard InChI is InChI=1S/C14H9ClN2O3/c15-9-4-5-11(10(8-9)14(18)19)20-13-3-1-2-12-16-6-7-17(12)13/h1-8H,(H,18,19). The molecule has 0 saturated carbocycles. The van der Waals surface area contributed by atoms with E-state index in [9.17, 15) is 9.90 Å². The number of rotatable bonds is 3. The van der Waals surface area contributed by atoms with Crippen LogP contribution in [0.4, 0.5) is 0 Å². The summed E-state index contributed by atoms with van der Waals surface area (Å²) in [6.45, 7) is 0. The van der Waals surface area contributed by atoms with E-state index in [1.807, 2.05) is 6.07 Å². The fourth-order valence-electron chi connectivity index (χ4n) is 1.88. The van der Waals surface area contributed by atoms with Gasteiger partial charge in [0.2, 0.25) is 5.88 Å². The number of aromatic nitrogens is 2. The van der Waals surface area contributed by atoms with Gasteiger partial charge < -0.3 is 9.84 Å². The molecule has 0 unspecified atom stereocenters. The van der Waals surface area contributed by atoms with Crippen molar-refractivity contribution < 1.29 is 14.6 Å². The number of imidazole rings is 1. The van der Waals surface area contributed by atoms with Gasteiger partial charge in [0.1, 0.15) is 17.0 Å². The van der Waals surface area contributed by atoms with Crippen LogP contribution in [0.15, 0.2) is 48.8 Å². The summed E-state index contributed by atoms with van der Waals surface area (Å²) in [5.41, 5.74) is 0.725. The number of carbonyl (C=O) groups is 1. The van der Waals surface area contributed by atoms with Crippen LogP contribution in [0.5, 0.6) is 11.6 Å². The second-order valence-corrected chi connectivity index (χ2v) is 4.50. The lowest BCUT2D eigenvalue weighted by Crippen LogP contribution is -2.01. The Morgan fingerprint density at radius 2 is 2.15 bits per heavy atom. The number of nitrogens with zero attached hydrogens (tertiary/aromatic N) is 2. The van der Waals surface area contributed by atoms with Gasteiger partial charge in [0.25, 0.3) is 0 Å². The summed E-state index contributed by atoms with van der Waals surface area (Å²) in [4.78, 5) is 15.4. The molecule has 3 rings (SSSR count). The number of halogens is 1. The average Bonchev–Trinajstić information content (AvgIpc) is 2.90. The highest BCUT2D eigenvalue weighted by molar-refractivity contribution is 6.31. The van der Waals surface area contributed by atoms with Crippen molar-refractivity contribution >= 4 is 23.2 Å². The Kier molecular flexibility index (Phi) is 3.04. The van der Waals surface area contributed by atoms with Crippen molar-refractivity contribution in [2.75, 3.05) is 0 Å². The summed E-state index contributed by atoms with van der Waals surface area (Å²) in [7, 11) is 0. The van der Waals surface area contributed by atoms with Crippen molar-refractivity contribution in [3.63, 3.8) is 0 Å². The van der Waals surface area contributed by atoms with E-state index in [0.717, 1.165) is 0 Å². The van der Waals surface area contributed by atoms with Gasteiger partial charge in [-0.15, -0.1) is 0 Å². The lowest BCUT2D eigenvalue weighted by Gasteiger charge is -2.10. The Morgan fingerprint density at radius 1 is 1.30 bits per heavy atom. The van der Waals surface area contributed by atoms with Gasteiger partial charge in [-0.05, 0) is 30.3 Å². The van der Waals surface area contributed by atoms with Crippen LogP contribution in [0.25, 0.3) is 5.65 Å². The topological polar surface area (TPSA) is 63.8 Å². The van der Waals surface area contributed by atoms with Crippen molar-refractivity contribution in [3.05, 3.63) is 59.4 Å². The van der Waals surface area contributed by atoms with Gasteiger partial charge in [0.05, 0.1) is 0 Å². The molecule has 0 atom stereocenters. The van der Waals surface area contributed by atoms with Crippen LogP contribution < -0.4 is 4.74 Å². The first-order valence-electron chi connectivity index (χ1n) is 5.78. The van der Waals surface area contributed by atoms with Gasteiger partial charge >= 0.3 is 5.97 Å². The minimum atomic E-state index is -1.10. The van der Waals surface area contributed by atoms with Crippen molar-refractivity contribution in [2.45, 2.75) is 0 Å². The maximum Gasteiger partial charge on any atom is 0.339 e. The van der Waals surface area contributed by atoms with Crippen LogP contribution in [0.1, 0.15) is 10.4 Å². The van der Waals surface area contributed by atoms with E-state index >= 15 is 0 Å². The number of fused-ring (bicyclic) bond motifs is 1. The van der Waals surface area contributed by atoms with Gasteiger partial charge in [-0.25, -0.2) is 9.78 Å². The van der Waals surface area contributed by atoms with E-state index < -0.39 is 5.97 Å². The highest BCUT2D eigenvalue weighted by Gasteiger charge is 2.14. The maximum absolute atomic E-state index is 11.2. The predicted molar refractivity (Wildman–Crippen MR) is 73.7 cm³/mol. The van der Waals surface area contributed by atoms with Gasteiger partial charge in [0.15, 0.2) is 0 Å². The van der Waals surface area contributed by atoms with Gasteiger partial charge in [-0.2, -0.15) is 0 Å². The van der Waals surface area contributed by atoms with Crippen LogP contribution >= 0.6 is 11.6 Å². The van der Waals surface area contributed by atoms with Crippen molar-refractivity contribution in [1.82, 2.24) is 9.38 Å². The third-order valence-corrected chi connectivity index (χ3v) is 3.01. The number of carboxylic acids is 1. The van der Waals surface area contributed by atoms with Crippen LogP contribution in [0.2, 0.25) is 5.02 Å². The Hall–Kier alpha value is -2.53. The monoisotopic (exact) mass is 288 g/mol. The molecule has 20 heavy (non-hydrogen) atoms. The molecule has 0 aliphatic rings. The summed E-state index contributed by atoms with van der Waals surface area (Å²) in [5.74, 6) is -0.395. The smallest absolute Gasteiger partial charge is 0.339 e. The molecule has 0 spiro atoms. The second kappa shape index (κ2) is 4.86. The van der Waals surface area contributed by atoms with Crippen LogP contribution in [0, 0.1) is 0 Å². The number of aromatic carboxylic acids is 1. The molecule has 100 valence electrons. The Morgan fingerprint density at radius 3 is 2.95 bits per heavy atom. The molecule has 0 amide bonds. The van der Waals surface area contributed by atoms with E-state index in [-0.39, 0.29) is 11.3 Å². The van der Waals surface area contributed by atoms with E-state index in [1.165, 1.54) is 12.1 Å². The maximum atomic E-state index is 11.2. The first-order valence-corrected chi connectivity index (χ1v) is 6.16. The average molecular weight is 289 g/mol. The third-order valence-electron chi connectivity index (χ3n) is 2.78. The SMILES string of the molecule is O=C(O)c1cc(Cl)ccc1Oc1cccc2nccn12. The minimum Gasteiger partial charge on any atom is -0.478 e. The fraction of sp³-hybridized carbons (Fsp3) is 0. The number of carboxylic acid groups (broad SMARTS) is 1. The number of hydrogen-bond acceptors (Lipinski definition) is 3. The Bertz CT molecular complexity index is 798. The van der Waals surface area contributed by atoms with E-state index in [0.29, 0.717) is 16.5 Å². The van der Waals surface area contributed by atoms with Crippen LogP contribution in [-0.4, -0.2) is 20.5 Å². The summed E-state index contributed by atoms with van der Waals surface area (Å²) in [5, 5.41) is 9.53. The molecule has 6 heteroatoms. The zero-order valence-corrected chi connectivity index (χ0v) is 10.9. The fourth-order valence-corrected chi connectivity index (χ4v) is 2.05. The molecule has 3 aromatic rings. The van der Waals surface area contributed by atoms with E-state index in [1.54, 1.807) is 35.0 Å². The number of pyridine rings is 1. The number of benzene rings is 1. The Balaban J connectivity index is 2.07. The molecule has 2 heterocycles. The Labute approximate surface area is 119 Å². The zero-order valence-electron chi connectivity index (χ0n) is 10.2.